The highest BCUT2D eigenvalue weighted by Gasteiger charge is 2.13. The second kappa shape index (κ2) is 10.9. The van der Waals surface area contributed by atoms with Crippen LogP contribution in [0.2, 0.25) is 5.02 Å². The minimum atomic E-state index is -0.934. The monoisotopic (exact) mass is 464 g/mol. The van der Waals surface area contributed by atoms with E-state index in [9.17, 15) is 14.4 Å². The van der Waals surface area contributed by atoms with Crippen LogP contribution in [0.1, 0.15) is 28.4 Å². The molecule has 0 aliphatic carbocycles. The number of nitrogens with two attached hydrogens (primary N) is 1. The summed E-state index contributed by atoms with van der Waals surface area (Å²) in [5, 5.41) is 7.05. The highest BCUT2D eigenvalue weighted by molar-refractivity contribution is 6.39. The fraction of sp³-hybridized carbons (Fsp3) is 0.0833. The molecular weight excluding hydrogens is 444 g/mol. The van der Waals surface area contributed by atoms with Crippen molar-refractivity contribution in [1.82, 2.24) is 5.43 Å². The number of carbonyl (C=O) groups is 3. The molecule has 33 heavy (non-hydrogen) atoms. The van der Waals surface area contributed by atoms with Gasteiger partial charge >= 0.3 is 11.8 Å². The fourth-order valence-electron chi connectivity index (χ4n) is 2.70. The number of nitrogens with one attached hydrogen (secondary N) is 2. The maximum absolute atomic E-state index is 12.0. The Morgan fingerprint density at radius 1 is 0.879 bits per heavy atom. The van der Waals surface area contributed by atoms with Crippen LogP contribution in [0.15, 0.2) is 77.9 Å². The number of carbonyl (C=O) groups excluding carboxylic acids is 3. The number of hydrogen-bond acceptors (Lipinski definition) is 5. The summed E-state index contributed by atoms with van der Waals surface area (Å²) in [6.07, 6.45) is 0. The summed E-state index contributed by atoms with van der Waals surface area (Å²) in [7, 11) is 0. The van der Waals surface area contributed by atoms with Crippen LogP contribution < -0.4 is 21.2 Å². The molecule has 9 heteroatoms. The van der Waals surface area contributed by atoms with Crippen LogP contribution in [0, 0.1) is 0 Å². The molecule has 0 aliphatic heterocycles. The van der Waals surface area contributed by atoms with Gasteiger partial charge in [0.1, 0.15) is 12.4 Å². The zero-order chi connectivity index (χ0) is 23.8. The van der Waals surface area contributed by atoms with Gasteiger partial charge in [0.15, 0.2) is 0 Å². The average Bonchev–Trinajstić information content (AvgIpc) is 2.82. The topological polar surface area (TPSA) is 123 Å². The summed E-state index contributed by atoms with van der Waals surface area (Å²) < 4.78 is 5.74. The number of ether oxygens (including phenoxy) is 1. The van der Waals surface area contributed by atoms with E-state index >= 15 is 0 Å². The molecule has 3 amide bonds. The van der Waals surface area contributed by atoms with Gasteiger partial charge in [-0.25, -0.2) is 5.43 Å². The molecule has 168 valence electrons. The lowest BCUT2D eigenvalue weighted by Crippen LogP contribution is -2.33. The van der Waals surface area contributed by atoms with Gasteiger partial charge < -0.3 is 15.8 Å². The lowest BCUT2D eigenvalue weighted by atomic mass is 10.1. The third kappa shape index (κ3) is 6.91. The first-order valence-electron chi connectivity index (χ1n) is 9.85. The van der Waals surface area contributed by atoms with Crippen molar-refractivity contribution in [2.24, 2.45) is 10.8 Å². The standard InChI is InChI=1S/C24H21ClN4O4/c1-15(17-6-12-21(13-7-17)33-14-16-2-8-19(25)9-3-16)28-29-24(32)23(31)27-20-10-4-18(5-11-20)22(26)30/h2-13H,14H2,1H3,(H2,26,30)(H,27,31)(H,29,32)/b28-15+. The Balaban J connectivity index is 1.51. The molecule has 0 unspecified atom stereocenters. The molecule has 0 saturated heterocycles. The van der Waals surface area contributed by atoms with E-state index in [0.717, 1.165) is 11.1 Å². The summed E-state index contributed by atoms with van der Waals surface area (Å²) in [4.78, 5) is 35.1. The zero-order valence-electron chi connectivity index (χ0n) is 17.7. The first-order chi connectivity index (χ1) is 15.8. The molecule has 4 N–H and O–H groups in total. The Morgan fingerprint density at radius 3 is 2.09 bits per heavy atom. The van der Waals surface area contributed by atoms with E-state index in [4.69, 9.17) is 22.1 Å². The van der Waals surface area contributed by atoms with Crippen molar-refractivity contribution in [3.05, 3.63) is 94.5 Å². The van der Waals surface area contributed by atoms with Gasteiger partial charge in [-0.2, -0.15) is 5.10 Å². The van der Waals surface area contributed by atoms with Gasteiger partial charge in [0.2, 0.25) is 5.91 Å². The Kier molecular flexibility index (Phi) is 7.77. The number of anilines is 1. The van der Waals surface area contributed by atoms with Gasteiger partial charge in [0, 0.05) is 16.3 Å². The largest absolute Gasteiger partial charge is 0.489 e. The molecule has 0 heterocycles. The number of hydrogen-bond donors (Lipinski definition) is 3. The van der Waals surface area contributed by atoms with Crippen molar-refractivity contribution < 1.29 is 19.1 Å². The number of amides is 3. The van der Waals surface area contributed by atoms with Gasteiger partial charge in [-0.15, -0.1) is 0 Å². The number of halogens is 1. The second-order valence-corrected chi connectivity index (χ2v) is 7.41. The smallest absolute Gasteiger partial charge is 0.329 e. The molecule has 3 rings (SSSR count). The van der Waals surface area contributed by atoms with E-state index in [-0.39, 0.29) is 0 Å². The van der Waals surface area contributed by atoms with E-state index < -0.39 is 17.7 Å². The Morgan fingerprint density at radius 2 is 1.48 bits per heavy atom. The number of nitrogens with zero attached hydrogens (tertiary/aromatic N) is 1. The first-order valence-corrected chi connectivity index (χ1v) is 10.2. The number of primary amides is 1. The van der Waals surface area contributed by atoms with Gasteiger partial charge in [0.05, 0.1) is 5.71 Å². The average molecular weight is 465 g/mol. The van der Waals surface area contributed by atoms with Gasteiger partial charge in [-0.05, 0) is 78.7 Å². The fourth-order valence-corrected chi connectivity index (χ4v) is 2.82. The maximum atomic E-state index is 12.0. The van der Waals surface area contributed by atoms with Crippen LogP contribution in [-0.2, 0) is 16.2 Å². The quantitative estimate of drug-likeness (QED) is 0.281. The Labute approximate surface area is 195 Å². The minimum absolute atomic E-state index is 0.291. The van der Waals surface area contributed by atoms with Crippen LogP contribution in [0.4, 0.5) is 5.69 Å². The van der Waals surface area contributed by atoms with Crippen LogP contribution >= 0.6 is 11.6 Å². The molecule has 0 aliphatic rings. The molecule has 0 spiro atoms. The van der Waals surface area contributed by atoms with Crippen LogP contribution in [0.3, 0.4) is 0 Å². The third-order valence-electron chi connectivity index (χ3n) is 4.55. The van der Waals surface area contributed by atoms with Crippen molar-refractivity contribution in [3.63, 3.8) is 0 Å². The number of benzene rings is 3. The molecule has 3 aromatic carbocycles. The highest BCUT2D eigenvalue weighted by atomic mass is 35.5. The number of hydrazone groups is 1. The van der Waals surface area contributed by atoms with Crippen LogP contribution in [-0.4, -0.2) is 23.4 Å². The van der Waals surface area contributed by atoms with Crippen molar-refractivity contribution in [2.75, 3.05) is 5.32 Å². The normalized spacial score (nSPS) is 10.9. The SMILES string of the molecule is C/C(=N\NC(=O)C(=O)Nc1ccc(C(N)=O)cc1)c1ccc(OCc2ccc(Cl)cc2)cc1. The summed E-state index contributed by atoms with van der Waals surface area (Å²) >= 11 is 5.87. The van der Waals surface area contributed by atoms with Gasteiger partial charge in [-0.3, -0.25) is 14.4 Å². The summed E-state index contributed by atoms with van der Waals surface area (Å²) in [6.45, 7) is 2.10. The second-order valence-electron chi connectivity index (χ2n) is 6.97. The van der Waals surface area contributed by atoms with Crippen molar-refractivity contribution in [1.29, 1.82) is 0 Å². The highest BCUT2D eigenvalue weighted by Crippen LogP contribution is 2.16. The first kappa shape index (κ1) is 23.5. The molecule has 0 atom stereocenters. The van der Waals surface area contributed by atoms with Crippen molar-refractivity contribution >= 4 is 40.7 Å². The Bertz CT molecular complexity index is 1170. The van der Waals surface area contributed by atoms with Crippen molar-refractivity contribution in [3.8, 4) is 5.75 Å². The van der Waals surface area contributed by atoms with E-state index in [2.05, 4.69) is 15.8 Å². The lowest BCUT2D eigenvalue weighted by Gasteiger charge is -2.08. The van der Waals surface area contributed by atoms with E-state index in [1.807, 2.05) is 12.1 Å². The molecule has 0 aromatic heterocycles. The molecule has 0 saturated carbocycles. The zero-order valence-corrected chi connectivity index (χ0v) is 18.4. The van der Waals surface area contributed by atoms with Gasteiger partial charge in [-0.1, -0.05) is 23.7 Å². The van der Waals surface area contributed by atoms with Crippen LogP contribution in [0.5, 0.6) is 5.75 Å². The predicted octanol–water partition coefficient (Wildman–Crippen LogP) is 3.50. The number of rotatable bonds is 7. The van der Waals surface area contributed by atoms with Gasteiger partial charge in [0.25, 0.3) is 0 Å². The molecule has 3 aromatic rings. The maximum Gasteiger partial charge on any atom is 0.329 e. The molecular formula is C24H21ClN4O4. The van der Waals surface area contributed by atoms with E-state index in [1.54, 1.807) is 43.3 Å². The summed E-state index contributed by atoms with van der Waals surface area (Å²) in [5.41, 5.74) is 10.3. The van der Waals surface area contributed by atoms with E-state index in [1.165, 1.54) is 24.3 Å². The lowest BCUT2D eigenvalue weighted by molar-refractivity contribution is -0.136. The van der Waals surface area contributed by atoms with E-state index in [0.29, 0.717) is 34.3 Å². The van der Waals surface area contributed by atoms with Crippen molar-refractivity contribution in [2.45, 2.75) is 13.5 Å². The summed E-state index contributed by atoms with van der Waals surface area (Å²) in [6, 6.07) is 20.4. The molecule has 0 radical (unpaired) electrons. The van der Waals surface area contributed by atoms with Crippen LogP contribution in [0.25, 0.3) is 0 Å². The molecule has 8 nitrogen and oxygen atoms in total. The predicted molar refractivity (Wildman–Crippen MR) is 126 cm³/mol. The summed E-state index contributed by atoms with van der Waals surface area (Å²) in [5.74, 6) is -1.75. The minimum Gasteiger partial charge on any atom is -0.489 e. The third-order valence-corrected chi connectivity index (χ3v) is 4.80. The Hall–Kier alpha value is -4.17. The molecule has 0 bridgehead atoms. The molecule has 0 fully saturated rings.